The molecule has 4 aromatic rings. The summed E-state index contributed by atoms with van der Waals surface area (Å²) >= 11 is 0. The number of fused-ring (bicyclic) bond motifs is 1. The molecule has 0 bridgehead atoms. The second-order valence-electron chi connectivity index (χ2n) is 7.98. The van der Waals surface area contributed by atoms with Crippen molar-refractivity contribution in [2.24, 2.45) is 7.05 Å². The van der Waals surface area contributed by atoms with Crippen LogP contribution < -0.4 is 10.6 Å². The fourth-order valence-corrected chi connectivity index (χ4v) is 3.85. The van der Waals surface area contributed by atoms with E-state index < -0.39 is 6.04 Å². The second-order valence-corrected chi connectivity index (χ2v) is 7.98. The summed E-state index contributed by atoms with van der Waals surface area (Å²) < 4.78 is 2.07. The first-order valence-electron chi connectivity index (χ1n) is 10.8. The summed E-state index contributed by atoms with van der Waals surface area (Å²) in [5, 5.41) is 6.30. The van der Waals surface area contributed by atoms with Crippen LogP contribution in [0.25, 0.3) is 11.0 Å². The molecule has 0 fully saturated rings. The Morgan fingerprint density at radius 2 is 1.66 bits per heavy atom. The summed E-state index contributed by atoms with van der Waals surface area (Å²) in [5.74, 6) is 1.32. The number of amides is 1. The molecule has 7 nitrogen and oxygen atoms in total. The van der Waals surface area contributed by atoms with E-state index in [4.69, 9.17) is 0 Å². The van der Waals surface area contributed by atoms with E-state index in [1.54, 1.807) is 0 Å². The third kappa shape index (κ3) is 5.11. The number of hydrogen-bond acceptors (Lipinski definition) is 5. The Morgan fingerprint density at radius 1 is 0.969 bits per heavy atom. The summed E-state index contributed by atoms with van der Waals surface area (Å²) in [6.07, 6.45) is 1.18. The van der Waals surface area contributed by atoms with Crippen LogP contribution in [0.15, 0.2) is 60.7 Å². The number of para-hydroxylation sites is 2. The molecule has 2 heterocycles. The molecule has 1 atom stereocenters. The largest absolute Gasteiger partial charge is 0.354 e. The fraction of sp³-hybridized carbons (Fsp3) is 0.280. The van der Waals surface area contributed by atoms with E-state index in [9.17, 15) is 4.79 Å². The average Bonchev–Trinajstić information content (AvgIpc) is 3.09. The predicted molar refractivity (Wildman–Crippen MR) is 126 cm³/mol. The fourth-order valence-electron chi connectivity index (χ4n) is 3.85. The van der Waals surface area contributed by atoms with Crippen LogP contribution in [-0.2, 0) is 24.7 Å². The van der Waals surface area contributed by atoms with Crippen LogP contribution in [0.4, 0.5) is 5.95 Å². The third-order valence-corrected chi connectivity index (χ3v) is 5.41. The number of carbonyl (C=O) groups is 1. The van der Waals surface area contributed by atoms with Crippen molar-refractivity contribution in [3.8, 4) is 0 Å². The molecule has 0 radical (unpaired) electrons. The molecule has 0 saturated carbocycles. The number of imidazole rings is 1. The van der Waals surface area contributed by atoms with Crippen LogP contribution in [0.5, 0.6) is 0 Å². The zero-order chi connectivity index (χ0) is 22.5. The number of hydrogen-bond donors (Lipinski definition) is 2. The number of aryl methyl sites for hydroxylation is 3. The van der Waals surface area contributed by atoms with Gasteiger partial charge in [-0.05, 0) is 37.6 Å². The molecular formula is C25H28N6O. The summed E-state index contributed by atoms with van der Waals surface area (Å²) in [5.41, 5.74) is 4.85. The number of benzene rings is 2. The zero-order valence-electron chi connectivity index (χ0n) is 18.7. The van der Waals surface area contributed by atoms with E-state index in [2.05, 4.69) is 30.2 Å². The lowest BCUT2D eigenvalue weighted by molar-refractivity contribution is -0.121. The summed E-state index contributed by atoms with van der Waals surface area (Å²) in [6, 6.07) is 19.4. The molecule has 4 rings (SSSR count). The van der Waals surface area contributed by atoms with Crippen molar-refractivity contribution in [3.05, 3.63) is 83.4 Å². The highest BCUT2D eigenvalue weighted by molar-refractivity contribution is 5.84. The lowest BCUT2D eigenvalue weighted by Gasteiger charge is -2.19. The molecule has 0 aliphatic carbocycles. The average molecular weight is 429 g/mol. The Hall–Kier alpha value is -3.74. The summed E-state index contributed by atoms with van der Waals surface area (Å²) in [7, 11) is 2.00. The van der Waals surface area contributed by atoms with Crippen molar-refractivity contribution in [3.63, 3.8) is 0 Å². The molecule has 0 aliphatic rings. The first-order valence-corrected chi connectivity index (χ1v) is 10.8. The van der Waals surface area contributed by atoms with Gasteiger partial charge in [0.05, 0.1) is 11.0 Å². The maximum Gasteiger partial charge on any atom is 0.242 e. The number of nitrogens with zero attached hydrogens (tertiary/aromatic N) is 4. The van der Waals surface area contributed by atoms with Crippen LogP contribution in [-0.4, -0.2) is 38.0 Å². The topological polar surface area (TPSA) is 84.7 Å². The van der Waals surface area contributed by atoms with E-state index in [-0.39, 0.29) is 5.91 Å². The molecule has 2 N–H and O–H groups in total. The Morgan fingerprint density at radius 3 is 2.38 bits per heavy atom. The zero-order valence-corrected chi connectivity index (χ0v) is 18.7. The van der Waals surface area contributed by atoms with Gasteiger partial charge in [-0.2, -0.15) is 0 Å². The molecule has 0 spiro atoms. The van der Waals surface area contributed by atoms with E-state index in [1.165, 1.54) is 0 Å². The molecule has 32 heavy (non-hydrogen) atoms. The normalized spacial score (nSPS) is 12.0. The van der Waals surface area contributed by atoms with Gasteiger partial charge in [0.1, 0.15) is 11.9 Å². The van der Waals surface area contributed by atoms with Crippen LogP contribution in [0.1, 0.15) is 22.8 Å². The van der Waals surface area contributed by atoms with Gasteiger partial charge < -0.3 is 15.2 Å². The van der Waals surface area contributed by atoms with Crippen LogP contribution in [0, 0.1) is 13.8 Å². The molecule has 0 saturated heterocycles. The monoisotopic (exact) mass is 428 g/mol. The predicted octanol–water partition coefficient (Wildman–Crippen LogP) is 3.36. The van der Waals surface area contributed by atoms with E-state index >= 15 is 0 Å². The van der Waals surface area contributed by atoms with Crippen molar-refractivity contribution >= 4 is 22.9 Å². The Labute approximate surface area is 187 Å². The van der Waals surface area contributed by atoms with Gasteiger partial charge in [0, 0.05) is 37.8 Å². The Kier molecular flexibility index (Phi) is 6.44. The minimum Gasteiger partial charge on any atom is -0.354 e. The minimum atomic E-state index is -0.487. The number of nitrogens with one attached hydrogen (secondary N) is 2. The standard InChI is InChI=1S/C25H28N6O/c1-17-15-18(2)28-25(27-17)30-21(16-19-9-5-4-6-10-19)24(32)26-14-13-23-29-20-11-7-8-12-22(20)31(23)3/h4-12,15,21H,13-14,16H2,1-3H3,(H,26,32)(H,27,28,30)/t21-/m0/s1. The molecule has 164 valence electrons. The van der Waals surface area contributed by atoms with Gasteiger partial charge in [0.2, 0.25) is 11.9 Å². The molecule has 0 unspecified atom stereocenters. The van der Waals surface area contributed by atoms with Crippen molar-refractivity contribution in [1.29, 1.82) is 0 Å². The quantitative estimate of drug-likeness (QED) is 0.450. The van der Waals surface area contributed by atoms with Crippen molar-refractivity contribution in [2.75, 3.05) is 11.9 Å². The molecule has 1 amide bonds. The van der Waals surface area contributed by atoms with E-state index in [0.29, 0.717) is 25.3 Å². The van der Waals surface area contributed by atoms with Gasteiger partial charge >= 0.3 is 0 Å². The van der Waals surface area contributed by atoms with Gasteiger partial charge in [-0.3, -0.25) is 4.79 Å². The van der Waals surface area contributed by atoms with E-state index in [0.717, 1.165) is 33.8 Å². The Balaban J connectivity index is 1.45. The van der Waals surface area contributed by atoms with Gasteiger partial charge in [-0.1, -0.05) is 42.5 Å². The van der Waals surface area contributed by atoms with Gasteiger partial charge in [0.25, 0.3) is 0 Å². The number of rotatable bonds is 8. The molecule has 2 aromatic heterocycles. The van der Waals surface area contributed by atoms with Crippen LogP contribution in [0.3, 0.4) is 0 Å². The molecule has 7 heteroatoms. The van der Waals surface area contributed by atoms with Gasteiger partial charge in [0.15, 0.2) is 0 Å². The lowest BCUT2D eigenvalue weighted by atomic mass is 10.1. The van der Waals surface area contributed by atoms with E-state index in [1.807, 2.05) is 81.6 Å². The van der Waals surface area contributed by atoms with Crippen molar-refractivity contribution < 1.29 is 4.79 Å². The number of aromatic nitrogens is 4. The van der Waals surface area contributed by atoms with Crippen molar-refractivity contribution in [2.45, 2.75) is 32.7 Å². The number of carbonyl (C=O) groups excluding carboxylic acids is 1. The maximum atomic E-state index is 13.1. The first kappa shape index (κ1) is 21.5. The molecular weight excluding hydrogens is 400 g/mol. The highest BCUT2D eigenvalue weighted by Crippen LogP contribution is 2.14. The smallest absolute Gasteiger partial charge is 0.242 e. The van der Waals surface area contributed by atoms with Gasteiger partial charge in [-0.15, -0.1) is 0 Å². The lowest BCUT2D eigenvalue weighted by Crippen LogP contribution is -2.42. The third-order valence-electron chi connectivity index (χ3n) is 5.41. The molecule has 0 aliphatic heterocycles. The maximum absolute atomic E-state index is 13.1. The van der Waals surface area contributed by atoms with Crippen LogP contribution >= 0.6 is 0 Å². The Bertz CT molecular complexity index is 1200. The minimum absolute atomic E-state index is 0.0876. The number of anilines is 1. The highest BCUT2D eigenvalue weighted by Gasteiger charge is 2.20. The van der Waals surface area contributed by atoms with Crippen molar-refractivity contribution in [1.82, 2.24) is 24.8 Å². The summed E-state index contributed by atoms with van der Waals surface area (Å²) in [4.78, 5) is 26.7. The highest BCUT2D eigenvalue weighted by atomic mass is 16.2. The first-order chi connectivity index (χ1) is 15.5. The van der Waals surface area contributed by atoms with Crippen LogP contribution in [0.2, 0.25) is 0 Å². The van der Waals surface area contributed by atoms with Gasteiger partial charge in [-0.25, -0.2) is 15.0 Å². The second kappa shape index (κ2) is 9.60. The molecule has 2 aromatic carbocycles. The SMILES string of the molecule is Cc1cc(C)nc(N[C@@H](Cc2ccccc2)C(=O)NCCc2nc3ccccc3n2C)n1. The summed E-state index contributed by atoms with van der Waals surface area (Å²) in [6.45, 7) is 4.34.